The second kappa shape index (κ2) is 7.17. The van der Waals surface area contributed by atoms with Crippen molar-refractivity contribution in [1.82, 2.24) is 4.90 Å². The molecule has 0 aliphatic carbocycles. The Balaban J connectivity index is 4.18. The van der Waals surface area contributed by atoms with Gasteiger partial charge in [-0.15, -0.1) is 11.6 Å². The predicted octanol–water partition coefficient (Wildman–Crippen LogP) is 1.27. The SMILES string of the molecule is CC(Cl)C(=O)N(CCC#N)CCC#N. The summed E-state index contributed by atoms with van der Waals surface area (Å²) in [5, 5.41) is 16.1. The standard InChI is InChI=1S/C9H12ClN3O/c1-8(10)9(14)13(6-2-4-11)7-3-5-12/h8H,2-3,6-7H2,1H3. The molecule has 1 unspecified atom stereocenters. The molecule has 0 saturated heterocycles. The predicted molar refractivity (Wildman–Crippen MR) is 52.4 cm³/mol. The second-order valence-electron chi connectivity index (χ2n) is 2.76. The van der Waals surface area contributed by atoms with Crippen LogP contribution in [0.15, 0.2) is 0 Å². The lowest BCUT2D eigenvalue weighted by atomic mass is 10.3. The van der Waals surface area contributed by atoms with E-state index in [9.17, 15) is 4.79 Å². The number of nitriles is 2. The third-order valence-electron chi connectivity index (χ3n) is 1.64. The highest BCUT2D eigenvalue weighted by molar-refractivity contribution is 6.30. The van der Waals surface area contributed by atoms with Gasteiger partial charge in [-0.25, -0.2) is 0 Å². The first-order valence-electron chi connectivity index (χ1n) is 4.30. The summed E-state index contributed by atoms with van der Waals surface area (Å²) < 4.78 is 0. The van der Waals surface area contributed by atoms with Crippen molar-refractivity contribution in [2.24, 2.45) is 0 Å². The lowest BCUT2D eigenvalue weighted by Crippen LogP contribution is -2.37. The fourth-order valence-corrected chi connectivity index (χ4v) is 1.09. The number of nitrogens with zero attached hydrogens (tertiary/aromatic N) is 3. The Labute approximate surface area is 88.7 Å². The van der Waals surface area contributed by atoms with Crippen LogP contribution >= 0.6 is 11.6 Å². The molecule has 1 amide bonds. The number of halogens is 1. The summed E-state index contributed by atoms with van der Waals surface area (Å²) in [4.78, 5) is 12.9. The highest BCUT2D eigenvalue weighted by atomic mass is 35.5. The van der Waals surface area contributed by atoms with E-state index >= 15 is 0 Å². The van der Waals surface area contributed by atoms with Crippen molar-refractivity contribution in [2.75, 3.05) is 13.1 Å². The Morgan fingerprint density at radius 3 is 2.07 bits per heavy atom. The third kappa shape index (κ3) is 4.69. The van der Waals surface area contributed by atoms with Crippen LogP contribution < -0.4 is 0 Å². The minimum Gasteiger partial charge on any atom is -0.339 e. The number of carbonyl (C=O) groups is 1. The molecule has 0 radical (unpaired) electrons. The molecular formula is C9H12ClN3O. The van der Waals surface area contributed by atoms with Crippen LogP contribution in [-0.4, -0.2) is 29.3 Å². The van der Waals surface area contributed by atoms with Gasteiger partial charge in [-0.1, -0.05) is 0 Å². The van der Waals surface area contributed by atoms with E-state index in [4.69, 9.17) is 22.1 Å². The van der Waals surface area contributed by atoms with Gasteiger partial charge in [-0.3, -0.25) is 4.79 Å². The van der Waals surface area contributed by atoms with Gasteiger partial charge in [0.1, 0.15) is 5.38 Å². The number of hydrogen-bond donors (Lipinski definition) is 0. The fourth-order valence-electron chi connectivity index (χ4n) is 0.954. The molecule has 14 heavy (non-hydrogen) atoms. The molecule has 0 aliphatic heterocycles. The lowest BCUT2D eigenvalue weighted by molar-refractivity contribution is -0.130. The zero-order chi connectivity index (χ0) is 11.0. The van der Waals surface area contributed by atoms with Crippen LogP contribution in [0.25, 0.3) is 0 Å². The van der Waals surface area contributed by atoms with Crippen LogP contribution in [0.3, 0.4) is 0 Å². The van der Waals surface area contributed by atoms with Gasteiger partial charge in [0, 0.05) is 13.1 Å². The summed E-state index contributed by atoms with van der Waals surface area (Å²) in [5.74, 6) is -0.225. The molecule has 76 valence electrons. The summed E-state index contributed by atoms with van der Waals surface area (Å²) in [6, 6.07) is 3.90. The van der Waals surface area contributed by atoms with Crippen LogP contribution in [0, 0.1) is 22.7 Å². The molecule has 0 spiro atoms. The van der Waals surface area contributed by atoms with Gasteiger partial charge < -0.3 is 4.90 Å². The molecule has 0 aromatic heterocycles. The minimum atomic E-state index is -0.604. The quantitative estimate of drug-likeness (QED) is 0.646. The molecule has 0 bridgehead atoms. The zero-order valence-corrected chi connectivity index (χ0v) is 8.79. The van der Waals surface area contributed by atoms with Crippen molar-refractivity contribution in [3.8, 4) is 12.1 Å². The van der Waals surface area contributed by atoms with E-state index in [2.05, 4.69) is 0 Å². The van der Waals surface area contributed by atoms with E-state index in [1.807, 2.05) is 12.1 Å². The summed E-state index contributed by atoms with van der Waals surface area (Å²) in [6.07, 6.45) is 0.529. The van der Waals surface area contributed by atoms with Crippen LogP contribution in [0.2, 0.25) is 0 Å². The number of hydrogen-bond acceptors (Lipinski definition) is 3. The Kier molecular flexibility index (Phi) is 6.53. The van der Waals surface area contributed by atoms with Gasteiger partial charge in [-0.2, -0.15) is 10.5 Å². The van der Waals surface area contributed by atoms with Gasteiger partial charge in [0.15, 0.2) is 0 Å². The smallest absolute Gasteiger partial charge is 0.240 e. The van der Waals surface area contributed by atoms with E-state index in [0.29, 0.717) is 13.1 Å². The Morgan fingerprint density at radius 1 is 1.36 bits per heavy atom. The number of rotatable bonds is 5. The maximum Gasteiger partial charge on any atom is 0.240 e. The average Bonchev–Trinajstić information content (AvgIpc) is 2.17. The molecule has 5 heteroatoms. The first-order valence-corrected chi connectivity index (χ1v) is 4.74. The molecule has 0 rings (SSSR count). The largest absolute Gasteiger partial charge is 0.339 e. The summed E-state index contributed by atoms with van der Waals surface area (Å²) in [7, 11) is 0. The highest BCUT2D eigenvalue weighted by Crippen LogP contribution is 2.03. The minimum absolute atomic E-state index is 0.225. The van der Waals surface area contributed by atoms with Gasteiger partial charge in [0.25, 0.3) is 0 Å². The molecule has 0 N–H and O–H groups in total. The number of carbonyl (C=O) groups excluding carboxylic acids is 1. The van der Waals surface area contributed by atoms with Gasteiger partial charge >= 0.3 is 0 Å². The zero-order valence-electron chi connectivity index (χ0n) is 8.03. The summed E-state index contributed by atoms with van der Waals surface area (Å²) in [6.45, 7) is 2.26. The van der Waals surface area contributed by atoms with Gasteiger partial charge in [0.2, 0.25) is 5.91 Å². The molecule has 0 heterocycles. The van der Waals surface area contributed by atoms with E-state index < -0.39 is 5.38 Å². The van der Waals surface area contributed by atoms with Crippen molar-refractivity contribution in [3.05, 3.63) is 0 Å². The monoisotopic (exact) mass is 213 g/mol. The Hall–Kier alpha value is -1.26. The van der Waals surface area contributed by atoms with Crippen molar-refractivity contribution in [3.63, 3.8) is 0 Å². The molecule has 1 atom stereocenters. The van der Waals surface area contributed by atoms with E-state index in [-0.39, 0.29) is 18.7 Å². The van der Waals surface area contributed by atoms with Gasteiger partial charge in [0.05, 0.1) is 25.0 Å². The van der Waals surface area contributed by atoms with Crippen LogP contribution in [0.1, 0.15) is 19.8 Å². The summed E-state index contributed by atoms with van der Waals surface area (Å²) >= 11 is 5.62. The van der Waals surface area contributed by atoms with Crippen molar-refractivity contribution in [2.45, 2.75) is 25.1 Å². The molecule has 4 nitrogen and oxygen atoms in total. The van der Waals surface area contributed by atoms with Crippen molar-refractivity contribution >= 4 is 17.5 Å². The molecule has 0 saturated carbocycles. The average molecular weight is 214 g/mol. The second-order valence-corrected chi connectivity index (χ2v) is 3.41. The highest BCUT2D eigenvalue weighted by Gasteiger charge is 2.17. The van der Waals surface area contributed by atoms with E-state index in [1.165, 1.54) is 4.90 Å². The Bertz CT molecular complexity index is 246. The molecule has 0 aromatic carbocycles. The lowest BCUT2D eigenvalue weighted by Gasteiger charge is -2.21. The maximum absolute atomic E-state index is 11.4. The molecule has 0 aliphatic rings. The van der Waals surface area contributed by atoms with Crippen LogP contribution in [0.4, 0.5) is 0 Å². The normalized spacial score (nSPS) is 11.1. The van der Waals surface area contributed by atoms with E-state index in [0.717, 1.165) is 0 Å². The van der Waals surface area contributed by atoms with Gasteiger partial charge in [-0.05, 0) is 6.92 Å². The van der Waals surface area contributed by atoms with Crippen LogP contribution in [0.5, 0.6) is 0 Å². The van der Waals surface area contributed by atoms with E-state index in [1.54, 1.807) is 6.92 Å². The fraction of sp³-hybridized carbons (Fsp3) is 0.667. The maximum atomic E-state index is 11.4. The van der Waals surface area contributed by atoms with Crippen molar-refractivity contribution in [1.29, 1.82) is 10.5 Å². The Morgan fingerprint density at radius 2 is 1.79 bits per heavy atom. The number of amides is 1. The number of alkyl halides is 1. The first kappa shape index (κ1) is 12.7. The molecular weight excluding hydrogens is 202 g/mol. The third-order valence-corrected chi connectivity index (χ3v) is 1.83. The first-order chi connectivity index (χ1) is 6.63. The molecule has 0 aromatic rings. The van der Waals surface area contributed by atoms with Crippen molar-refractivity contribution < 1.29 is 4.79 Å². The topological polar surface area (TPSA) is 67.9 Å². The van der Waals surface area contributed by atoms with Crippen LogP contribution in [-0.2, 0) is 4.79 Å². The molecule has 0 fully saturated rings. The summed E-state index contributed by atoms with van der Waals surface area (Å²) in [5.41, 5.74) is 0.